The first-order valence-electron chi connectivity index (χ1n) is 8.13. The number of rotatable bonds is 4. The summed E-state index contributed by atoms with van der Waals surface area (Å²) in [5, 5.41) is 4.56. The Kier molecular flexibility index (Phi) is 5.94. The zero-order chi connectivity index (χ0) is 17.6. The molecule has 0 atom stereocenters. The number of hydrogen-bond acceptors (Lipinski definition) is 4. The molecule has 2 aromatic rings. The second-order valence-electron chi connectivity index (χ2n) is 5.75. The van der Waals surface area contributed by atoms with Crippen molar-refractivity contribution in [2.24, 2.45) is 0 Å². The number of nitrogens with zero attached hydrogens (tertiary/aromatic N) is 2. The minimum atomic E-state index is 0.154. The van der Waals surface area contributed by atoms with Crippen molar-refractivity contribution in [2.45, 2.75) is 18.9 Å². The van der Waals surface area contributed by atoms with Gasteiger partial charge in [-0.15, -0.1) is 0 Å². The highest BCUT2D eigenvalue weighted by molar-refractivity contribution is 7.80. The smallest absolute Gasteiger partial charge is 0.213 e. The average Bonchev–Trinajstić information content (AvgIpc) is 2.65. The van der Waals surface area contributed by atoms with Crippen LogP contribution in [-0.4, -0.2) is 41.3 Å². The molecule has 0 unspecified atom stereocenters. The van der Waals surface area contributed by atoms with Crippen molar-refractivity contribution in [3.63, 3.8) is 0 Å². The molecule has 2 heterocycles. The van der Waals surface area contributed by atoms with Gasteiger partial charge in [0, 0.05) is 32.0 Å². The number of nitrogens with one attached hydrogen (secondary N) is 1. The van der Waals surface area contributed by atoms with E-state index in [1.807, 2.05) is 30.3 Å². The number of hydrogen-bond donors (Lipinski definition) is 1. The van der Waals surface area contributed by atoms with E-state index in [4.69, 9.17) is 33.3 Å². The molecule has 0 saturated carbocycles. The number of ether oxygens (including phenoxy) is 2. The maximum absolute atomic E-state index is 6.15. The van der Waals surface area contributed by atoms with Crippen LogP contribution >= 0.6 is 23.8 Å². The van der Waals surface area contributed by atoms with Crippen molar-refractivity contribution < 1.29 is 9.47 Å². The molecule has 1 aromatic carbocycles. The first-order chi connectivity index (χ1) is 12.2. The van der Waals surface area contributed by atoms with Crippen LogP contribution in [0.4, 0.5) is 5.69 Å². The van der Waals surface area contributed by atoms with Gasteiger partial charge < -0.3 is 19.7 Å². The van der Waals surface area contributed by atoms with E-state index in [1.54, 1.807) is 19.4 Å². The van der Waals surface area contributed by atoms with Crippen molar-refractivity contribution >= 4 is 34.6 Å². The van der Waals surface area contributed by atoms with Crippen molar-refractivity contribution in [3.05, 3.63) is 47.6 Å². The van der Waals surface area contributed by atoms with Gasteiger partial charge >= 0.3 is 0 Å². The molecule has 132 valence electrons. The Morgan fingerprint density at radius 3 is 2.64 bits per heavy atom. The predicted molar refractivity (Wildman–Crippen MR) is 104 cm³/mol. The van der Waals surface area contributed by atoms with Gasteiger partial charge in [-0.2, -0.15) is 0 Å². The standard InChI is InChI=1S/C18H20ClN3O2S/c1-23-17-7-6-13(12-20-17)21-18(25)22-10-8-14(9-11-22)24-16-5-3-2-4-15(16)19/h2-7,12,14H,8-11H2,1H3,(H,21,25). The normalized spacial score (nSPS) is 14.9. The van der Waals surface area contributed by atoms with E-state index in [0.29, 0.717) is 16.0 Å². The van der Waals surface area contributed by atoms with Crippen LogP contribution in [0.15, 0.2) is 42.6 Å². The minimum Gasteiger partial charge on any atom is -0.489 e. The molecule has 5 nitrogen and oxygen atoms in total. The van der Waals surface area contributed by atoms with E-state index in [2.05, 4.69) is 15.2 Å². The van der Waals surface area contributed by atoms with Gasteiger partial charge in [0.1, 0.15) is 11.9 Å². The SMILES string of the molecule is COc1ccc(NC(=S)N2CCC(Oc3ccccc3Cl)CC2)cn1. The third-order valence-electron chi connectivity index (χ3n) is 4.06. The van der Waals surface area contributed by atoms with E-state index in [9.17, 15) is 0 Å². The molecule has 0 radical (unpaired) electrons. The lowest BCUT2D eigenvalue weighted by Crippen LogP contribution is -2.43. The monoisotopic (exact) mass is 377 g/mol. The number of thiocarbonyl (C=S) groups is 1. The average molecular weight is 378 g/mol. The van der Waals surface area contributed by atoms with Crippen molar-refractivity contribution in [1.82, 2.24) is 9.88 Å². The van der Waals surface area contributed by atoms with Crippen LogP contribution in [0.3, 0.4) is 0 Å². The number of likely N-dealkylation sites (tertiary alicyclic amines) is 1. The molecule has 1 saturated heterocycles. The number of piperidine rings is 1. The van der Waals surface area contributed by atoms with Crippen LogP contribution in [0.25, 0.3) is 0 Å². The summed E-state index contributed by atoms with van der Waals surface area (Å²) in [6.45, 7) is 1.68. The molecule has 1 aliphatic rings. The van der Waals surface area contributed by atoms with E-state index >= 15 is 0 Å². The van der Waals surface area contributed by atoms with Crippen molar-refractivity contribution in [3.8, 4) is 11.6 Å². The highest BCUT2D eigenvalue weighted by atomic mass is 35.5. The van der Waals surface area contributed by atoms with Gasteiger partial charge in [-0.1, -0.05) is 23.7 Å². The van der Waals surface area contributed by atoms with E-state index < -0.39 is 0 Å². The predicted octanol–water partition coefficient (Wildman–Crippen LogP) is 3.98. The highest BCUT2D eigenvalue weighted by Gasteiger charge is 2.22. The number of para-hydroxylation sites is 1. The van der Waals surface area contributed by atoms with Gasteiger partial charge in [0.15, 0.2) is 5.11 Å². The molecule has 0 spiro atoms. The maximum Gasteiger partial charge on any atom is 0.213 e. The van der Waals surface area contributed by atoms with Gasteiger partial charge in [0.05, 0.1) is 24.0 Å². The summed E-state index contributed by atoms with van der Waals surface area (Å²) in [6.07, 6.45) is 3.65. The summed E-state index contributed by atoms with van der Waals surface area (Å²) >= 11 is 11.7. The molecule has 3 rings (SSSR count). The van der Waals surface area contributed by atoms with Gasteiger partial charge in [-0.3, -0.25) is 0 Å². The second kappa shape index (κ2) is 8.36. The van der Waals surface area contributed by atoms with Crippen LogP contribution < -0.4 is 14.8 Å². The first-order valence-corrected chi connectivity index (χ1v) is 8.91. The fourth-order valence-corrected chi connectivity index (χ4v) is 3.15. The Morgan fingerprint density at radius 2 is 2.00 bits per heavy atom. The number of benzene rings is 1. The Balaban J connectivity index is 1.49. The minimum absolute atomic E-state index is 0.154. The fraction of sp³-hybridized carbons (Fsp3) is 0.333. The Hall–Kier alpha value is -2.05. The summed E-state index contributed by atoms with van der Waals surface area (Å²) in [4.78, 5) is 6.31. The molecule has 1 aromatic heterocycles. The summed E-state index contributed by atoms with van der Waals surface area (Å²) < 4.78 is 11.1. The topological polar surface area (TPSA) is 46.6 Å². The second-order valence-corrected chi connectivity index (χ2v) is 6.55. The molecule has 7 heteroatoms. The Morgan fingerprint density at radius 1 is 1.24 bits per heavy atom. The molecule has 25 heavy (non-hydrogen) atoms. The van der Waals surface area contributed by atoms with Crippen LogP contribution in [0.1, 0.15) is 12.8 Å². The van der Waals surface area contributed by atoms with E-state index in [0.717, 1.165) is 37.4 Å². The molecule has 0 aliphatic carbocycles. The van der Waals surface area contributed by atoms with Crippen molar-refractivity contribution in [2.75, 3.05) is 25.5 Å². The molecule has 0 bridgehead atoms. The molecular weight excluding hydrogens is 358 g/mol. The summed E-state index contributed by atoms with van der Waals surface area (Å²) in [6, 6.07) is 11.3. The number of pyridine rings is 1. The van der Waals surface area contributed by atoms with Gasteiger partial charge in [-0.25, -0.2) is 4.98 Å². The van der Waals surface area contributed by atoms with Crippen LogP contribution in [-0.2, 0) is 0 Å². The largest absolute Gasteiger partial charge is 0.489 e. The Labute approximate surface area is 157 Å². The quantitative estimate of drug-likeness (QED) is 0.813. The number of halogens is 1. The zero-order valence-electron chi connectivity index (χ0n) is 13.9. The third-order valence-corrected chi connectivity index (χ3v) is 4.73. The molecule has 1 fully saturated rings. The summed E-state index contributed by atoms with van der Waals surface area (Å²) in [5.74, 6) is 1.32. The van der Waals surface area contributed by atoms with Crippen LogP contribution in [0.5, 0.6) is 11.6 Å². The van der Waals surface area contributed by atoms with Crippen LogP contribution in [0, 0.1) is 0 Å². The molecule has 1 N–H and O–H groups in total. The molecule has 0 amide bonds. The Bertz CT molecular complexity index is 719. The van der Waals surface area contributed by atoms with Gasteiger partial charge in [0.2, 0.25) is 5.88 Å². The number of methoxy groups -OCH3 is 1. The number of anilines is 1. The van der Waals surface area contributed by atoms with Crippen molar-refractivity contribution in [1.29, 1.82) is 0 Å². The lowest BCUT2D eigenvalue weighted by Gasteiger charge is -2.34. The first kappa shape index (κ1) is 17.8. The van der Waals surface area contributed by atoms with E-state index in [1.165, 1.54) is 0 Å². The highest BCUT2D eigenvalue weighted by Crippen LogP contribution is 2.27. The van der Waals surface area contributed by atoms with Gasteiger partial charge in [0.25, 0.3) is 0 Å². The lowest BCUT2D eigenvalue weighted by atomic mass is 10.1. The maximum atomic E-state index is 6.15. The molecule has 1 aliphatic heterocycles. The molecular formula is C18H20ClN3O2S. The van der Waals surface area contributed by atoms with E-state index in [-0.39, 0.29) is 6.10 Å². The summed E-state index contributed by atoms with van der Waals surface area (Å²) in [7, 11) is 1.59. The summed E-state index contributed by atoms with van der Waals surface area (Å²) in [5.41, 5.74) is 0.847. The van der Waals surface area contributed by atoms with Crippen LogP contribution in [0.2, 0.25) is 5.02 Å². The third kappa shape index (κ3) is 4.74. The zero-order valence-corrected chi connectivity index (χ0v) is 15.5. The lowest BCUT2D eigenvalue weighted by molar-refractivity contribution is 0.132. The number of aromatic nitrogens is 1. The fourth-order valence-electron chi connectivity index (χ4n) is 2.67. The van der Waals surface area contributed by atoms with Gasteiger partial charge in [-0.05, 0) is 30.4 Å².